The van der Waals surface area contributed by atoms with E-state index in [9.17, 15) is 4.79 Å². The number of anilines is 2. The summed E-state index contributed by atoms with van der Waals surface area (Å²) < 4.78 is 1.94. The Morgan fingerprint density at radius 2 is 1.79 bits per heavy atom. The first-order valence-corrected chi connectivity index (χ1v) is 9.52. The average Bonchev–Trinajstić information content (AvgIpc) is 3.20. The smallest absolute Gasteiger partial charge is 0.276 e. The van der Waals surface area contributed by atoms with Crippen molar-refractivity contribution >= 4 is 51.5 Å². The van der Waals surface area contributed by atoms with Crippen LogP contribution in [-0.4, -0.2) is 15.5 Å². The van der Waals surface area contributed by atoms with E-state index >= 15 is 0 Å². The van der Waals surface area contributed by atoms with Gasteiger partial charge in [0.2, 0.25) is 5.66 Å². The molecule has 1 atom stereocenters. The van der Waals surface area contributed by atoms with Gasteiger partial charge in [-0.25, -0.2) is 4.98 Å². The third-order valence-corrected chi connectivity index (χ3v) is 5.91. The van der Waals surface area contributed by atoms with E-state index in [4.69, 9.17) is 28.2 Å². The minimum atomic E-state index is -1.23. The predicted octanol–water partition coefficient (Wildman–Crippen LogP) is 5.09. The first kappa shape index (κ1) is 16.0. The number of carbonyl (C=O) groups excluding carboxylic acids is 1. The highest BCUT2D eigenvalue weighted by Gasteiger charge is 2.53. The van der Waals surface area contributed by atoms with E-state index in [1.807, 2.05) is 53.1 Å². The van der Waals surface area contributed by atoms with Crippen molar-refractivity contribution < 1.29 is 4.79 Å². The summed E-state index contributed by atoms with van der Waals surface area (Å²) in [6.45, 7) is 0. The zero-order valence-corrected chi connectivity index (χ0v) is 15.8. The molecule has 4 aromatic rings. The number of halogens is 2. The number of fused-ring (bicyclic) bond motifs is 8. The van der Waals surface area contributed by atoms with Gasteiger partial charge in [-0.3, -0.25) is 9.36 Å². The van der Waals surface area contributed by atoms with Crippen LogP contribution in [0.1, 0.15) is 5.56 Å². The molecule has 2 N–H and O–H groups in total. The van der Waals surface area contributed by atoms with Gasteiger partial charge in [-0.2, -0.15) is 0 Å². The Morgan fingerprint density at radius 1 is 1.00 bits per heavy atom. The van der Waals surface area contributed by atoms with Crippen molar-refractivity contribution in [3.05, 3.63) is 76.3 Å². The van der Waals surface area contributed by atoms with Crippen molar-refractivity contribution in [3.8, 4) is 11.4 Å². The molecule has 136 valence electrons. The summed E-state index contributed by atoms with van der Waals surface area (Å²) in [6, 6.07) is 19.0. The minimum absolute atomic E-state index is 0.231. The summed E-state index contributed by atoms with van der Waals surface area (Å²) in [5.74, 6) is 0.486. The highest BCUT2D eigenvalue weighted by molar-refractivity contribution is 6.38. The number of amides is 1. The lowest BCUT2D eigenvalue weighted by atomic mass is 9.95. The van der Waals surface area contributed by atoms with Gasteiger partial charge in [-0.15, -0.1) is 0 Å². The van der Waals surface area contributed by atoms with Crippen LogP contribution in [0.2, 0.25) is 10.0 Å². The number of nitrogens with zero attached hydrogens (tertiary/aromatic N) is 2. The van der Waals surface area contributed by atoms with Gasteiger partial charge in [-0.1, -0.05) is 47.5 Å². The van der Waals surface area contributed by atoms with Gasteiger partial charge < -0.3 is 10.6 Å². The molecule has 7 heteroatoms. The predicted molar refractivity (Wildman–Crippen MR) is 111 cm³/mol. The van der Waals surface area contributed by atoms with Crippen LogP contribution in [0.5, 0.6) is 0 Å². The average molecular weight is 407 g/mol. The number of aromatic nitrogens is 2. The molecule has 28 heavy (non-hydrogen) atoms. The van der Waals surface area contributed by atoms with Gasteiger partial charge in [-0.05, 0) is 36.4 Å². The van der Waals surface area contributed by atoms with E-state index in [1.165, 1.54) is 0 Å². The normalized spacial score (nSPS) is 19.1. The van der Waals surface area contributed by atoms with E-state index in [1.54, 1.807) is 12.1 Å². The lowest BCUT2D eigenvalue weighted by Gasteiger charge is -2.37. The summed E-state index contributed by atoms with van der Waals surface area (Å²) in [5, 5.41) is 7.27. The highest BCUT2D eigenvalue weighted by Crippen LogP contribution is 2.50. The fraction of sp³-hybridized carbons (Fsp3) is 0.0476. The molecule has 0 aliphatic carbocycles. The van der Waals surface area contributed by atoms with Crippen LogP contribution >= 0.6 is 23.2 Å². The van der Waals surface area contributed by atoms with Crippen LogP contribution in [0.25, 0.3) is 22.4 Å². The number of imidazole rings is 1. The quantitative estimate of drug-likeness (QED) is 0.427. The SMILES string of the molecule is O=C1Nc2c(Cl)cc(Cl)cc2C12Nc1ccccc1-c1nc3ccccc3n12. The van der Waals surface area contributed by atoms with Crippen LogP contribution < -0.4 is 10.6 Å². The fourth-order valence-electron chi connectivity index (χ4n) is 4.24. The van der Waals surface area contributed by atoms with E-state index < -0.39 is 5.66 Å². The Morgan fingerprint density at radius 3 is 2.68 bits per heavy atom. The summed E-state index contributed by atoms with van der Waals surface area (Å²) in [6.07, 6.45) is 0. The Hall–Kier alpha value is -3.02. The van der Waals surface area contributed by atoms with Crippen LogP contribution in [0, 0.1) is 0 Å². The van der Waals surface area contributed by atoms with Gasteiger partial charge in [0, 0.05) is 21.8 Å². The third kappa shape index (κ3) is 1.83. The molecule has 1 aromatic heterocycles. The number of hydrogen-bond donors (Lipinski definition) is 2. The van der Waals surface area contributed by atoms with Crippen LogP contribution in [-0.2, 0) is 10.5 Å². The summed E-state index contributed by atoms with van der Waals surface area (Å²) in [7, 11) is 0. The zero-order chi connectivity index (χ0) is 19.0. The Labute approximate surface area is 169 Å². The molecule has 2 aliphatic heterocycles. The van der Waals surface area contributed by atoms with Crippen LogP contribution in [0.3, 0.4) is 0 Å². The standard InChI is InChI=1S/C21H12Cl2N4O/c22-11-9-13-18(14(23)10-11)25-20(28)21(13)26-15-6-2-1-5-12(15)19-24-16-7-3-4-8-17(16)27(19)21/h1-10,26H,(H,25,28). The van der Waals surface area contributed by atoms with Crippen LogP contribution in [0.4, 0.5) is 11.4 Å². The largest absolute Gasteiger partial charge is 0.350 e. The van der Waals surface area contributed by atoms with E-state index in [0.717, 1.165) is 28.1 Å². The van der Waals surface area contributed by atoms with Gasteiger partial charge >= 0.3 is 0 Å². The van der Waals surface area contributed by atoms with Crippen molar-refractivity contribution in [2.24, 2.45) is 0 Å². The molecule has 1 spiro atoms. The molecule has 3 heterocycles. The second-order valence-electron chi connectivity index (χ2n) is 6.90. The number of nitrogens with one attached hydrogen (secondary N) is 2. The van der Waals surface area contributed by atoms with Crippen molar-refractivity contribution in [2.45, 2.75) is 5.66 Å². The second-order valence-corrected chi connectivity index (χ2v) is 7.75. The van der Waals surface area contributed by atoms with Crippen molar-refractivity contribution in [2.75, 3.05) is 10.6 Å². The second kappa shape index (κ2) is 5.28. The maximum absolute atomic E-state index is 13.5. The van der Waals surface area contributed by atoms with Crippen molar-refractivity contribution in [1.29, 1.82) is 0 Å². The molecule has 6 rings (SSSR count). The topological polar surface area (TPSA) is 59.0 Å². The zero-order valence-electron chi connectivity index (χ0n) is 14.3. The Balaban J connectivity index is 1.80. The van der Waals surface area contributed by atoms with Gasteiger partial charge in [0.15, 0.2) is 0 Å². The molecule has 3 aromatic carbocycles. The molecule has 0 saturated heterocycles. The monoisotopic (exact) mass is 406 g/mol. The van der Waals surface area contributed by atoms with Crippen LogP contribution in [0.15, 0.2) is 60.7 Å². The molecular formula is C21H12Cl2N4O. The van der Waals surface area contributed by atoms with E-state index in [0.29, 0.717) is 21.3 Å². The van der Waals surface area contributed by atoms with E-state index in [2.05, 4.69) is 10.6 Å². The first-order valence-electron chi connectivity index (χ1n) is 8.76. The van der Waals surface area contributed by atoms with Gasteiger partial charge in [0.1, 0.15) is 5.82 Å². The maximum atomic E-state index is 13.5. The number of carbonyl (C=O) groups is 1. The molecule has 1 amide bonds. The molecule has 0 bridgehead atoms. The first-order chi connectivity index (χ1) is 13.6. The number of benzene rings is 3. The fourth-order valence-corrected chi connectivity index (χ4v) is 4.78. The number of hydrogen-bond acceptors (Lipinski definition) is 3. The van der Waals surface area contributed by atoms with Gasteiger partial charge in [0.25, 0.3) is 5.91 Å². The molecule has 0 saturated carbocycles. The number of rotatable bonds is 0. The maximum Gasteiger partial charge on any atom is 0.276 e. The summed E-state index contributed by atoms with van der Waals surface area (Å²) >= 11 is 12.7. The minimum Gasteiger partial charge on any atom is -0.350 e. The summed E-state index contributed by atoms with van der Waals surface area (Å²) in [5.41, 5.74) is 3.41. The molecule has 0 radical (unpaired) electrons. The van der Waals surface area contributed by atoms with Crippen molar-refractivity contribution in [1.82, 2.24) is 9.55 Å². The molecule has 2 aliphatic rings. The molecule has 1 unspecified atom stereocenters. The summed E-state index contributed by atoms with van der Waals surface area (Å²) in [4.78, 5) is 18.3. The van der Waals surface area contributed by atoms with E-state index in [-0.39, 0.29) is 5.91 Å². The third-order valence-electron chi connectivity index (χ3n) is 5.39. The lowest BCUT2D eigenvalue weighted by molar-refractivity contribution is -0.120. The molecular weight excluding hydrogens is 395 g/mol. The lowest BCUT2D eigenvalue weighted by Crippen LogP contribution is -2.50. The number of para-hydroxylation sites is 3. The molecule has 0 fully saturated rings. The highest BCUT2D eigenvalue weighted by atomic mass is 35.5. The Bertz CT molecular complexity index is 1330. The Kier molecular flexibility index (Phi) is 3.01. The van der Waals surface area contributed by atoms with Crippen molar-refractivity contribution in [3.63, 3.8) is 0 Å². The molecule has 5 nitrogen and oxygen atoms in total. The van der Waals surface area contributed by atoms with Gasteiger partial charge in [0.05, 0.1) is 21.7 Å².